The highest BCUT2D eigenvalue weighted by molar-refractivity contribution is 5.94. The summed E-state index contributed by atoms with van der Waals surface area (Å²) in [7, 11) is 3.72. The number of likely N-dealkylation sites (N-methyl/N-ethyl adjacent to an activating group) is 1. The Balaban J connectivity index is 1.56. The fourth-order valence-electron chi connectivity index (χ4n) is 4.66. The molecule has 0 radical (unpaired) electrons. The molecule has 4 rings (SSSR count). The number of benzene rings is 1. The summed E-state index contributed by atoms with van der Waals surface area (Å²) in [4.78, 5) is 14.6. The summed E-state index contributed by atoms with van der Waals surface area (Å²) in [5.41, 5.74) is 4.51. The predicted molar refractivity (Wildman–Crippen MR) is 141 cm³/mol. The minimum Gasteiger partial charge on any atom is -0.395 e. The van der Waals surface area contributed by atoms with Gasteiger partial charge in [0.25, 0.3) is 0 Å². The molecule has 1 saturated carbocycles. The standard InChI is InChI=1S/C28H38N4O2/c1-20(8-6-5-7-17-34-4)22-11-13-32(14-12-22)28-25-19-24(31(3)15-16-33)18-21(2)26(25)29-27(30-28)23-9-10-23/h5-8,18-19,22-23,33H,1,9-17H2,2-4H3/b7-5-,8-6-. The third-order valence-electron chi connectivity index (χ3n) is 6.93. The topological polar surface area (TPSA) is 61.7 Å². The van der Waals surface area contributed by atoms with E-state index in [-0.39, 0.29) is 6.61 Å². The number of methoxy groups -OCH3 is 1. The van der Waals surface area contributed by atoms with Crippen LogP contribution in [0.4, 0.5) is 11.5 Å². The van der Waals surface area contributed by atoms with Gasteiger partial charge < -0.3 is 19.6 Å². The van der Waals surface area contributed by atoms with Crippen molar-refractivity contribution in [3.63, 3.8) is 0 Å². The molecule has 2 aromatic rings. The van der Waals surface area contributed by atoms with Crippen LogP contribution in [0.25, 0.3) is 10.9 Å². The number of fused-ring (bicyclic) bond motifs is 1. The maximum Gasteiger partial charge on any atom is 0.140 e. The van der Waals surface area contributed by atoms with Gasteiger partial charge in [0.05, 0.1) is 18.7 Å². The highest BCUT2D eigenvalue weighted by atomic mass is 16.5. The first-order valence-electron chi connectivity index (χ1n) is 12.4. The average Bonchev–Trinajstić information content (AvgIpc) is 3.69. The first kappa shape index (κ1) is 24.4. The van der Waals surface area contributed by atoms with E-state index in [2.05, 4.69) is 47.6 Å². The lowest BCUT2D eigenvalue weighted by Crippen LogP contribution is -2.35. The smallest absolute Gasteiger partial charge is 0.140 e. The van der Waals surface area contributed by atoms with Gasteiger partial charge in [-0.3, -0.25) is 0 Å². The van der Waals surface area contributed by atoms with E-state index < -0.39 is 0 Å². The molecule has 6 heteroatoms. The molecule has 1 N–H and O–H groups in total. The second kappa shape index (κ2) is 11.2. The molecule has 0 amide bonds. The van der Waals surface area contributed by atoms with Crippen molar-refractivity contribution in [2.24, 2.45) is 5.92 Å². The number of ether oxygens (including phenoxy) is 1. The highest BCUT2D eigenvalue weighted by Gasteiger charge is 2.30. The van der Waals surface area contributed by atoms with E-state index >= 15 is 0 Å². The molecule has 0 unspecified atom stereocenters. The van der Waals surface area contributed by atoms with Crippen LogP contribution in [0.3, 0.4) is 0 Å². The van der Waals surface area contributed by atoms with Crippen molar-refractivity contribution in [2.45, 2.75) is 38.5 Å². The lowest BCUT2D eigenvalue weighted by atomic mass is 9.89. The van der Waals surface area contributed by atoms with E-state index in [4.69, 9.17) is 14.7 Å². The molecule has 6 nitrogen and oxygen atoms in total. The Hall–Kier alpha value is -2.70. The van der Waals surface area contributed by atoms with Gasteiger partial charge in [-0.05, 0) is 56.2 Å². The fraction of sp³-hybridized carbons (Fsp3) is 0.500. The maximum atomic E-state index is 9.41. The number of aliphatic hydroxyl groups is 1. The van der Waals surface area contributed by atoms with Gasteiger partial charge in [0, 0.05) is 50.8 Å². The Labute approximate surface area is 203 Å². The van der Waals surface area contributed by atoms with Gasteiger partial charge in [-0.1, -0.05) is 36.5 Å². The molecule has 0 bridgehead atoms. The molecule has 1 aliphatic heterocycles. The second-order valence-corrected chi connectivity index (χ2v) is 9.56. The zero-order valence-electron chi connectivity index (χ0n) is 20.8. The van der Waals surface area contributed by atoms with Gasteiger partial charge in [0.15, 0.2) is 0 Å². The van der Waals surface area contributed by atoms with Crippen LogP contribution >= 0.6 is 0 Å². The van der Waals surface area contributed by atoms with E-state index in [1.54, 1.807) is 7.11 Å². The summed E-state index contributed by atoms with van der Waals surface area (Å²) < 4.78 is 5.04. The van der Waals surface area contributed by atoms with E-state index in [1.165, 1.54) is 18.4 Å². The molecule has 1 aromatic carbocycles. The molecular weight excluding hydrogens is 424 g/mol. The first-order chi connectivity index (χ1) is 16.5. The molecule has 1 aliphatic carbocycles. The number of nitrogens with zero attached hydrogens (tertiary/aromatic N) is 4. The molecule has 1 saturated heterocycles. The van der Waals surface area contributed by atoms with Crippen molar-refractivity contribution in [3.8, 4) is 0 Å². The Morgan fingerprint density at radius 1 is 1.21 bits per heavy atom. The van der Waals surface area contributed by atoms with Crippen LogP contribution in [0.1, 0.15) is 43.0 Å². The number of rotatable bonds is 10. The molecule has 0 spiro atoms. The van der Waals surface area contributed by atoms with Gasteiger partial charge in [0.1, 0.15) is 11.6 Å². The van der Waals surface area contributed by atoms with Crippen molar-refractivity contribution in [1.82, 2.24) is 9.97 Å². The molecule has 182 valence electrons. The SMILES string of the molecule is C=C(/C=C\C=C/COC)C1CCN(c2nc(C3CC3)nc3c(C)cc(N(C)CCO)cc23)CC1. The normalized spacial score (nSPS) is 17.4. The lowest BCUT2D eigenvalue weighted by molar-refractivity contribution is 0.234. The molecule has 2 aliphatic rings. The van der Waals surface area contributed by atoms with Crippen LogP contribution in [0, 0.1) is 12.8 Å². The zero-order chi connectivity index (χ0) is 24.1. The quantitative estimate of drug-likeness (QED) is 0.513. The van der Waals surface area contributed by atoms with Gasteiger partial charge in [0.2, 0.25) is 0 Å². The van der Waals surface area contributed by atoms with Crippen molar-refractivity contribution < 1.29 is 9.84 Å². The predicted octanol–water partition coefficient (Wildman–Crippen LogP) is 4.78. The van der Waals surface area contributed by atoms with Crippen LogP contribution in [0.2, 0.25) is 0 Å². The van der Waals surface area contributed by atoms with E-state index in [1.807, 2.05) is 19.2 Å². The number of piperidine rings is 1. The molecular formula is C28H38N4O2. The number of hydrogen-bond acceptors (Lipinski definition) is 6. The summed E-state index contributed by atoms with van der Waals surface area (Å²) in [6.07, 6.45) is 12.7. The zero-order valence-corrected chi connectivity index (χ0v) is 20.8. The number of aliphatic hydroxyl groups excluding tert-OH is 1. The summed E-state index contributed by atoms with van der Waals surface area (Å²) in [5, 5.41) is 10.5. The van der Waals surface area contributed by atoms with Gasteiger partial charge in [-0.25, -0.2) is 9.97 Å². The van der Waals surface area contributed by atoms with Gasteiger partial charge >= 0.3 is 0 Å². The Bertz CT molecular complexity index is 1070. The summed E-state index contributed by atoms with van der Waals surface area (Å²) in [5.74, 6) is 3.07. The monoisotopic (exact) mass is 462 g/mol. The van der Waals surface area contributed by atoms with Crippen molar-refractivity contribution in [3.05, 3.63) is 60.0 Å². The lowest BCUT2D eigenvalue weighted by Gasteiger charge is -2.34. The Kier molecular flexibility index (Phi) is 8.01. The summed E-state index contributed by atoms with van der Waals surface area (Å²) >= 11 is 0. The van der Waals surface area contributed by atoms with Gasteiger partial charge in [-0.2, -0.15) is 0 Å². The molecule has 0 atom stereocenters. The Morgan fingerprint density at radius 3 is 2.65 bits per heavy atom. The van der Waals surface area contributed by atoms with E-state index in [9.17, 15) is 5.11 Å². The number of anilines is 2. The van der Waals surface area contributed by atoms with Crippen molar-refractivity contribution in [2.75, 3.05) is 56.8 Å². The van der Waals surface area contributed by atoms with Crippen LogP contribution in [-0.2, 0) is 4.74 Å². The fourth-order valence-corrected chi connectivity index (χ4v) is 4.66. The second-order valence-electron chi connectivity index (χ2n) is 9.56. The van der Waals surface area contributed by atoms with Crippen LogP contribution in [0.5, 0.6) is 0 Å². The largest absolute Gasteiger partial charge is 0.395 e. The minimum absolute atomic E-state index is 0.131. The molecule has 2 heterocycles. The third-order valence-corrected chi connectivity index (χ3v) is 6.93. The minimum atomic E-state index is 0.131. The number of aryl methyl sites for hydroxylation is 1. The van der Waals surface area contributed by atoms with Gasteiger partial charge in [-0.15, -0.1) is 0 Å². The maximum absolute atomic E-state index is 9.41. The molecule has 2 fully saturated rings. The Morgan fingerprint density at radius 2 is 1.97 bits per heavy atom. The molecule has 34 heavy (non-hydrogen) atoms. The number of allylic oxidation sites excluding steroid dienone is 4. The van der Waals surface area contributed by atoms with Crippen molar-refractivity contribution in [1.29, 1.82) is 0 Å². The van der Waals surface area contributed by atoms with E-state index in [0.717, 1.165) is 59.7 Å². The van der Waals surface area contributed by atoms with E-state index in [0.29, 0.717) is 25.0 Å². The van der Waals surface area contributed by atoms with Crippen LogP contribution in [0.15, 0.2) is 48.6 Å². The third kappa shape index (κ3) is 5.68. The number of aromatic nitrogens is 2. The average molecular weight is 463 g/mol. The summed E-state index contributed by atoms with van der Waals surface area (Å²) in [6.45, 7) is 9.74. The van der Waals surface area contributed by atoms with Crippen LogP contribution in [-0.4, -0.2) is 62.1 Å². The highest BCUT2D eigenvalue weighted by Crippen LogP contribution is 2.41. The number of hydrogen-bond donors (Lipinski definition) is 1. The first-order valence-corrected chi connectivity index (χ1v) is 12.4. The molecule has 1 aromatic heterocycles. The van der Waals surface area contributed by atoms with Crippen molar-refractivity contribution >= 4 is 22.4 Å². The van der Waals surface area contributed by atoms with Crippen LogP contribution < -0.4 is 9.80 Å². The summed E-state index contributed by atoms with van der Waals surface area (Å²) in [6, 6.07) is 4.37.